The first kappa shape index (κ1) is 23.1. The normalized spacial score (nSPS) is 11.6. The van der Waals surface area contributed by atoms with Gasteiger partial charge in [0.2, 0.25) is 0 Å². The van der Waals surface area contributed by atoms with Crippen LogP contribution in [0.5, 0.6) is 5.75 Å². The van der Waals surface area contributed by atoms with Gasteiger partial charge in [0, 0.05) is 6.54 Å². The molecule has 0 aliphatic rings. The van der Waals surface area contributed by atoms with E-state index in [4.69, 9.17) is 4.74 Å². The Kier molecular flexibility index (Phi) is 8.03. The summed E-state index contributed by atoms with van der Waals surface area (Å²) in [6, 6.07) is 24.7. The molecule has 0 fully saturated rings. The van der Waals surface area contributed by atoms with Crippen LogP contribution >= 0.6 is 0 Å². The van der Waals surface area contributed by atoms with Crippen LogP contribution in [0, 0.1) is 0 Å². The lowest BCUT2D eigenvalue weighted by atomic mass is 10.0. The molecule has 0 aliphatic heterocycles. The van der Waals surface area contributed by atoms with E-state index in [1.165, 1.54) is 0 Å². The molecule has 2 amide bonds. The number of anilines is 1. The van der Waals surface area contributed by atoms with Crippen LogP contribution in [0.25, 0.3) is 0 Å². The Morgan fingerprint density at radius 2 is 1.50 bits per heavy atom. The third kappa shape index (κ3) is 6.20. The van der Waals surface area contributed by atoms with Gasteiger partial charge in [-0.1, -0.05) is 74.5 Å². The number of ether oxygens (including phenoxy) is 1. The lowest BCUT2D eigenvalue weighted by Crippen LogP contribution is -2.32. The van der Waals surface area contributed by atoms with Gasteiger partial charge in [0.05, 0.1) is 11.3 Å². The molecule has 5 heteroatoms. The third-order valence-electron chi connectivity index (χ3n) is 5.19. The van der Waals surface area contributed by atoms with E-state index in [2.05, 4.69) is 24.5 Å². The maximum absolute atomic E-state index is 12.8. The summed E-state index contributed by atoms with van der Waals surface area (Å²) in [5, 5.41) is 5.77. The first-order chi connectivity index (χ1) is 15.5. The summed E-state index contributed by atoms with van der Waals surface area (Å²) in [5.41, 5.74) is 3.08. The van der Waals surface area contributed by atoms with Gasteiger partial charge in [0.15, 0.2) is 6.10 Å². The average Bonchev–Trinajstić information content (AvgIpc) is 2.80. The molecule has 0 saturated heterocycles. The van der Waals surface area contributed by atoms with Crippen molar-refractivity contribution in [2.24, 2.45) is 0 Å². The van der Waals surface area contributed by atoms with Gasteiger partial charge in [-0.15, -0.1) is 0 Å². The molecule has 0 bridgehead atoms. The smallest absolute Gasteiger partial charge is 0.265 e. The topological polar surface area (TPSA) is 67.4 Å². The van der Waals surface area contributed by atoms with Gasteiger partial charge in [-0.25, -0.2) is 0 Å². The summed E-state index contributed by atoms with van der Waals surface area (Å²) < 4.78 is 5.94. The van der Waals surface area contributed by atoms with Crippen molar-refractivity contribution in [2.75, 3.05) is 11.9 Å². The summed E-state index contributed by atoms with van der Waals surface area (Å²) in [6.45, 7) is 6.38. The quantitative estimate of drug-likeness (QED) is 0.491. The van der Waals surface area contributed by atoms with Crippen molar-refractivity contribution in [2.45, 2.75) is 39.2 Å². The molecule has 166 valence electrons. The highest BCUT2D eigenvalue weighted by atomic mass is 16.5. The van der Waals surface area contributed by atoms with Gasteiger partial charge < -0.3 is 15.4 Å². The minimum Gasteiger partial charge on any atom is -0.481 e. The number of para-hydroxylation sites is 2. The molecule has 0 unspecified atom stereocenters. The SMILES string of the molecule is CC(C)c1ccccc1O[C@H](C)C(=O)Nc1ccccc1C(=O)NCCc1ccccc1. The largest absolute Gasteiger partial charge is 0.481 e. The van der Waals surface area contributed by atoms with Gasteiger partial charge in [-0.2, -0.15) is 0 Å². The zero-order valence-corrected chi connectivity index (χ0v) is 18.8. The molecule has 5 nitrogen and oxygen atoms in total. The van der Waals surface area contributed by atoms with Gasteiger partial charge in [0.1, 0.15) is 5.75 Å². The molecule has 0 saturated carbocycles. The van der Waals surface area contributed by atoms with E-state index in [1.54, 1.807) is 31.2 Å². The Labute approximate surface area is 189 Å². The monoisotopic (exact) mass is 430 g/mol. The summed E-state index contributed by atoms with van der Waals surface area (Å²) >= 11 is 0. The fourth-order valence-electron chi connectivity index (χ4n) is 3.39. The van der Waals surface area contributed by atoms with E-state index in [9.17, 15) is 9.59 Å². The predicted molar refractivity (Wildman–Crippen MR) is 128 cm³/mol. The third-order valence-corrected chi connectivity index (χ3v) is 5.19. The number of benzene rings is 3. The molecule has 3 rings (SSSR count). The number of amides is 2. The van der Waals surface area contributed by atoms with Gasteiger partial charge >= 0.3 is 0 Å². The molecule has 0 aromatic heterocycles. The Hall–Kier alpha value is -3.60. The van der Waals surface area contributed by atoms with E-state index < -0.39 is 6.10 Å². The van der Waals surface area contributed by atoms with E-state index in [1.807, 2.05) is 54.6 Å². The number of hydrogen-bond donors (Lipinski definition) is 2. The average molecular weight is 431 g/mol. The molecule has 3 aromatic carbocycles. The minimum atomic E-state index is -0.718. The maximum atomic E-state index is 12.8. The maximum Gasteiger partial charge on any atom is 0.265 e. The van der Waals surface area contributed by atoms with E-state index in [0.29, 0.717) is 23.5 Å². The van der Waals surface area contributed by atoms with E-state index >= 15 is 0 Å². The van der Waals surface area contributed by atoms with Crippen LogP contribution in [-0.4, -0.2) is 24.5 Å². The van der Waals surface area contributed by atoms with Crippen LogP contribution in [-0.2, 0) is 11.2 Å². The van der Waals surface area contributed by atoms with Gasteiger partial charge in [0.25, 0.3) is 11.8 Å². The molecular weight excluding hydrogens is 400 g/mol. The minimum absolute atomic E-state index is 0.226. The molecule has 0 spiro atoms. The first-order valence-electron chi connectivity index (χ1n) is 10.9. The Bertz CT molecular complexity index is 1050. The second-order valence-corrected chi connectivity index (χ2v) is 7.98. The highest BCUT2D eigenvalue weighted by Crippen LogP contribution is 2.27. The summed E-state index contributed by atoms with van der Waals surface area (Å²) in [7, 11) is 0. The number of carbonyl (C=O) groups excluding carboxylic acids is 2. The van der Waals surface area contributed by atoms with Crippen molar-refractivity contribution in [1.82, 2.24) is 5.32 Å². The summed E-state index contributed by atoms with van der Waals surface area (Å²) in [6.07, 6.45) is 0.0189. The lowest BCUT2D eigenvalue weighted by molar-refractivity contribution is -0.122. The van der Waals surface area contributed by atoms with Gasteiger partial charge in [-0.3, -0.25) is 9.59 Å². The molecule has 3 aromatic rings. The van der Waals surface area contributed by atoms with Crippen LogP contribution < -0.4 is 15.4 Å². The highest BCUT2D eigenvalue weighted by Gasteiger charge is 2.20. The van der Waals surface area contributed by atoms with Crippen LogP contribution in [0.4, 0.5) is 5.69 Å². The molecule has 0 radical (unpaired) electrons. The summed E-state index contributed by atoms with van der Waals surface area (Å²) in [5.74, 6) is 0.433. The highest BCUT2D eigenvalue weighted by molar-refractivity contribution is 6.04. The fraction of sp³-hybridized carbons (Fsp3) is 0.259. The second-order valence-electron chi connectivity index (χ2n) is 7.98. The van der Waals surface area contributed by atoms with Gasteiger partial charge in [-0.05, 0) is 48.6 Å². The molecule has 2 N–H and O–H groups in total. The Morgan fingerprint density at radius 1 is 0.844 bits per heavy atom. The molecule has 0 heterocycles. The number of hydrogen-bond acceptors (Lipinski definition) is 3. The van der Waals surface area contributed by atoms with Crippen molar-refractivity contribution in [3.8, 4) is 5.75 Å². The van der Waals surface area contributed by atoms with Crippen LogP contribution in [0.1, 0.15) is 48.2 Å². The Morgan fingerprint density at radius 3 is 2.25 bits per heavy atom. The van der Waals surface area contributed by atoms with Crippen molar-refractivity contribution in [1.29, 1.82) is 0 Å². The van der Waals surface area contributed by atoms with E-state index in [0.717, 1.165) is 17.5 Å². The fourth-order valence-corrected chi connectivity index (χ4v) is 3.39. The van der Waals surface area contributed by atoms with Crippen molar-refractivity contribution < 1.29 is 14.3 Å². The van der Waals surface area contributed by atoms with Crippen LogP contribution in [0.2, 0.25) is 0 Å². The number of rotatable bonds is 9. The second kappa shape index (κ2) is 11.1. The number of nitrogens with one attached hydrogen (secondary N) is 2. The zero-order chi connectivity index (χ0) is 22.9. The van der Waals surface area contributed by atoms with Crippen LogP contribution in [0.15, 0.2) is 78.9 Å². The van der Waals surface area contributed by atoms with Crippen molar-refractivity contribution in [3.05, 3.63) is 95.6 Å². The Balaban J connectivity index is 1.62. The number of carbonyl (C=O) groups is 2. The van der Waals surface area contributed by atoms with E-state index in [-0.39, 0.29) is 17.7 Å². The zero-order valence-electron chi connectivity index (χ0n) is 18.8. The standard InChI is InChI=1S/C27H30N2O3/c1-19(2)22-13-8-10-16-25(22)32-20(3)26(30)29-24-15-9-7-14-23(24)27(31)28-18-17-21-11-5-4-6-12-21/h4-16,19-20H,17-18H2,1-3H3,(H,28,31)(H,29,30)/t20-/m1/s1. The summed E-state index contributed by atoms with van der Waals surface area (Å²) in [4.78, 5) is 25.5. The first-order valence-corrected chi connectivity index (χ1v) is 10.9. The van der Waals surface area contributed by atoms with Crippen molar-refractivity contribution in [3.63, 3.8) is 0 Å². The molecule has 32 heavy (non-hydrogen) atoms. The lowest BCUT2D eigenvalue weighted by Gasteiger charge is -2.19. The molecule has 1 atom stereocenters. The molecule has 0 aliphatic carbocycles. The van der Waals surface area contributed by atoms with Crippen molar-refractivity contribution >= 4 is 17.5 Å². The molecular formula is C27H30N2O3. The van der Waals surface area contributed by atoms with Crippen LogP contribution in [0.3, 0.4) is 0 Å². The predicted octanol–water partition coefficient (Wildman–Crippen LogP) is 5.19.